The van der Waals surface area contributed by atoms with Crippen LogP contribution in [0.15, 0.2) is 35.1 Å². The number of benzene rings is 1. The van der Waals surface area contributed by atoms with Crippen molar-refractivity contribution in [3.63, 3.8) is 0 Å². The summed E-state index contributed by atoms with van der Waals surface area (Å²) in [6.07, 6.45) is 2.45. The number of aliphatic hydroxyl groups is 1. The van der Waals surface area contributed by atoms with Crippen molar-refractivity contribution in [3.05, 3.63) is 62.5 Å². The molecule has 0 unspecified atom stereocenters. The number of nitrogens with zero attached hydrogens (tertiary/aromatic N) is 2. The Morgan fingerprint density at radius 1 is 1.33 bits per heavy atom. The van der Waals surface area contributed by atoms with Crippen molar-refractivity contribution in [2.75, 3.05) is 33.4 Å². The van der Waals surface area contributed by atoms with Crippen LogP contribution in [0.4, 0.5) is 0 Å². The number of aliphatic hydroxyl groups excluding tert-OH is 1. The van der Waals surface area contributed by atoms with Gasteiger partial charge in [-0.05, 0) is 36.3 Å². The summed E-state index contributed by atoms with van der Waals surface area (Å²) < 4.78 is 10.9. The number of aromatic amines is 1. The van der Waals surface area contributed by atoms with E-state index in [9.17, 15) is 9.90 Å². The van der Waals surface area contributed by atoms with Gasteiger partial charge in [-0.15, -0.1) is 11.3 Å². The molecule has 178 valence electrons. The molecule has 8 heteroatoms. The maximum absolute atomic E-state index is 12.9. The van der Waals surface area contributed by atoms with E-state index in [2.05, 4.69) is 11.9 Å². The van der Waals surface area contributed by atoms with Gasteiger partial charge < -0.3 is 19.6 Å². The van der Waals surface area contributed by atoms with Crippen LogP contribution in [0.1, 0.15) is 35.2 Å². The maximum Gasteiger partial charge on any atom is 0.259 e. The number of methoxy groups -OCH3 is 1. The largest absolute Gasteiger partial charge is 0.389 e. The van der Waals surface area contributed by atoms with Gasteiger partial charge in [-0.25, -0.2) is 4.98 Å². The normalized spacial score (nSPS) is 16.9. The first-order valence-electron chi connectivity index (χ1n) is 11.6. The lowest BCUT2D eigenvalue weighted by Crippen LogP contribution is -2.37. The van der Waals surface area contributed by atoms with Crippen LogP contribution in [0.3, 0.4) is 0 Å². The zero-order valence-corrected chi connectivity index (χ0v) is 20.2. The average molecular weight is 472 g/mol. The summed E-state index contributed by atoms with van der Waals surface area (Å²) in [4.78, 5) is 24.9. The van der Waals surface area contributed by atoms with Gasteiger partial charge in [-0.3, -0.25) is 9.69 Å². The van der Waals surface area contributed by atoms with Gasteiger partial charge in [0.1, 0.15) is 10.7 Å². The highest BCUT2D eigenvalue weighted by molar-refractivity contribution is 7.18. The van der Waals surface area contributed by atoms with Crippen LogP contribution >= 0.6 is 11.3 Å². The Bertz CT molecular complexity index is 1100. The number of fused-ring (bicyclic) bond motifs is 3. The summed E-state index contributed by atoms with van der Waals surface area (Å²) in [5.74, 6) is 1.27. The molecule has 0 fully saturated rings. The van der Waals surface area contributed by atoms with Gasteiger partial charge in [0.2, 0.25) is 0 Å². The fourth-order valence-electron chi connectivity index (χ4n) is 4.37. The number of aryl methyl sites for hydroxylation is 1. The van der Waals surface area contributed by atoms with Crippen LogP contribution in [0, 0.1) is 5.92 Å². The highest BCUT2D eigenvalue weighted by atomic mass is 32.1. The predicted octanol–water partition coefficient (Wildman–Crippen LogP) is 3.14. The molecule has 0 amide bonds. The number of rotatable bonds is 11. The minimum atomic E-state index is -0.656. The van der Waals surface area contributed by atoms with Crippen LogP contribution in [-0.2, 0) is 35.5 Å². The Morgan fingerprint density at radius 3 is 2.94 bits per heavy atom. The van der Waals surface area contributed by atoms with Crippen LogP contribution in [-0.4, -0.2) is 59.5 Å². The van der Waals surface area contributed by atoms with Crippen LogP contribution in [0.25, 0.3) is 10.2 Å². The van der Waals surface area contributed by atoms with Crippen LogP contribution in [0.2, 0.25) is 0 Å². The summed E-state index contributed by atoms with van der Waals surface area (Å²) in [6.45, 7) is 4.93. The Kier molecular flexibility index (Phi) is 8.27. The Labute approximate surface area is 198 Å². The summed E-state index contributed by atoms with van der Waals surface area (Å²) in [7, 11) is 1.65. The molecule has 2 aromatic heterocycles. The molecule has 0 aliphatic heterocycles. The summed E-state index contributed by atoms with van der Waals surface area (Å²) in [5.41, 5.74) is 2.21. The minimum Gasteiger partial charge on any atom is -0.389 e. The van der Waals surface area contributed by atoms with Gasteiger partial charge in [0, 0.05) is 25.1 Å². The lowest BCUT2D eigenvalue weighted by atomic mass is 9.89. The predicted molar refractivity (Wildman–Crippen MR) is 131 cm³/mol. The van der Waals surface area contributed by atoms with Gasteiger partial charge in [-0.1, -0.05) is 37.3 Å². The second-order valence-corrected chi connectivity index (χ2v) is 10.0. The Morgan fingerprint density at radius 2 is 2.15 bits per heavy atom. The number of thiophene rings is 1. The van der Waals surface area contributed by atoms with E-state index in [0.717, 1.165) is 35.0 Å². The van der Waals surface area contributed by atoms with Crippen LogP contribution in [0.5, 0.6) is 0 Å². The molecule has 1 aromatic carbocycles. The fraction of sp³-hybridized carbons (Fsp3) is 0.520. The third-order valence-corrected chi connectivity index (χ3v) is 7.24. The molecule has 1 aliphatic carbocycles. The highest BCUT2D eigenvalue weighted by Gasteiger charge is 2.23. The Hall–Kier alpha value is -2.10. The number of nitrogens with one attached hydrogen (secondary N) is 1. The standard InChI is InChI=1S/C25H33N3O4S/c1-17-8-9-20-21(12-17)33-25-23(20)24(30)26-22(27-25)14-28(10-11-31-2)13-19(29)16-32-15-18-6-4-3-5-7-18/h3-7,17,19,29H,8-16H2,1-2H3,(H,26,27,30)/t17-,19+/m0/s1. The van der Waals surface area contributed by atoms with E-state index in [1.807, 2.05) is 35.2 Å². The lowest BCUT2D eigenvalue weighted by Gasteiger charge is -2.24. The van der Waals surface area contributed by atoms with Crippen molar-refractivity contribution < 1.29 is 14.6 Å². The molecule has 0 spiro atoms. The van der Waals surface area contributed by atoms with Gasteiger partial charge in [0.15, 0.2) is 0 Å². The first kappa shape index (κ1) is 24.0. The molecule has 3 aromatic rings. The molecule has 2 atom stereocenters. The molecular formula is C25H33N3O4S. The van der Waals surface area contributed by atoms with Crippen LogP contribution < -0.4 is 5.56 Å². The minimum absolute atomic E-state index is 0.0551. The molecule has 33 heavy (non-hydrogen) atoms. The third-order valence-electron chi connectivity index (χ3n) is 6.09. The van der Waals surface area contributed by atoms with Gasteiger partial charge in [-0.2, -0.15) is 0 Å². The van der Waals surface area contributed by atoms with Gasteiger partial charge >= 0.3 is 0 Å². The van der Waals surface area contributed by atoms with E-state index in [1.165, 1.54) is 10.4 Å². The smallest absolute Gasteiger partial charge is 0.259 e. The molecule has 1 aliphatic rings. The van der Waals surface area contributed by atoms with E-state index in [-0.39, 0.29) is 12.2 Å². The molecule has 0 saturated carbocycles. The molecule has 0 saturated heterocycles. The van der Waals surface area contributed by atoms with Crippen molar-refractivity contribution in [2.24, 2.45) is 5.92 Å². The molecule has 0 radical (unpaired) electrons. The molecular weight excluding hydrogens is 438 g/mol. The molecule has 4 rings (SSSR count). The third kappa shape index (κ3) is 6.28. The number of hydrogen-bond donors (Lipinski definition) is 2. The first-order chi connectivity index (χ1) is 16.0. The monoisotopic (exact) mass is 471 g/mol. The fourth-order valence-corrected chi connectivity index (χ4v) is 5.78. The van der Waals surface area contributed by atoms with E-state index < -0.39 is 6.10 Å². The van der Waals surface area contributed by atoms with Gasteiger partial charge in [0.05, 0.1) is 37.9 Å². The van der Waals surface area contributed by atoms with Crippen molar-refractivity contribution >= 4 is 21.6 Å². The number of H-pyrrole nitrogens is 1. The number of aromatic nitrogens is 2. The summed E-state index contributed by atoms with van der Waals surface area (Å²) in [5, 5.41) is 11.3. The van der Waals surface area contributed by atoms with E-state index in [1.54, 1.807) is 18.4 Å². The zero-order chi connectivity index (χ0) is 23.2. The lowest BCUT2D eigenvalue weighted by molar-refractivity contribution is 0.00437. The zero-order valence-electron chi connectivity index (χ0n) is 19.4. The van der Waals surface area contributed by atoms with Crippen molar-refractivity contribution in [3.8, 4) is 0 Å². The topological polar surface area (TPSA) is 87.7 Å². The van der Waals surface area contributed by atoms with Crippen molar-refractivity contribution in [1.82, 2.24) is 14.9 Å². The van der Waals surface area contributed by atoms with Crippen molar-refractivity contribution in [2.45, 2.75) is 45.4 Å². The number of ether oxygens (including phenoxy) is 2. The molecule has 7 nitrogen and oxygen atoms in total. The number of hydrogen-bond acceptors (Lipinski definition) is 7. The van der Waals surface area contributed by atoms with Crippen molar-refractivity contribution in [1.29, 1.82) is 0 Å². The highest BCUT2D eigenvalue weighted by Crippen LogP contribution is 2.35. The maximum atomic E-state index is 12.9. The second kappa shape index (κ2) is 11.4. The van der Waals surface area contributed by atoms with Gasteiger partial charge in [0.25, 0.3) is 5.56 Å². The second-order valence-electron chi connectivity index (χ2n) is 8.93. The van der Waals surface area contributed by atoms with E-state index in [0.29, 0.717) is 44.6 Å². The summed E-state index contributed by atoms with van der Waals surface area (Å²) >= 11 is 1.66. The van der Waals surface area contributed by atoms with E-state index in [4.69, 9.17) is 14.5 Å². The SMILES string of the molecule is COCCN(Cc1nc2sc3c(c2c(=O)[nH]1)CC[C@H](C)C3)C[C@@H](O)COCc1ccccc1. The first-order valence-corrected chi connectivity index (χ1v) is 12.4. The molecule has 2 heterocycles. The Balaban J connectivity index is 1.41. The van der Waals surface area contributed by atoms with E-state index >= 15 is 0 Å². The summed E-state index contributed by atoms with van der Waals surface area (Å²) in [6, 6.07) is 9.90. The average Bonchev–Trinajstić information content (AvgIpc) is 3.16. The molecule has 0 bridgehead atoms. The molecule has 2 N–H and O–H groups in total. The quantitative estimate of drug-likeness (QED) is 0.447.